The molecule has 0 bridgehead atoms. The van der Waals surface area contributed by atoms with Gasteiger partial charge in [-0.25, -0.2) is 0 Å². The number of hydrogen-bond donors (Lipinski definition) is 0. The van der Waals surface area contributed by atoms with E-state index >= 15 is 0 Å². The number of nitrogens with zero attached hydrogens (tertiary/aromatic N) is 1. The first kappa shape index (κ1) is 13.4. The summed E-state index contributed by atoms with van der Waals surface area (Å²) in [5.74, 6) is 1.93. The Morgan fingerprint density at radius 2 is 2.05 bits per heavy atom. The number of likely N-dealkylation sites (tertiary alicyclic amines) is 1. The predicted molar refractivity (Wildman–Crippen MR) is 79.9 cm³/mol. The van der Waals surface area contributed by atoms with Crippen LogP contribution in [-0.2, 0) is 4.79 Å². The van der Waals surface area contributed by atoms with E-state index < -0.39 is 0 Å². The Hall–Kier alpha value is -1.61. The van der Waals surface area contributed by atoms with Crippen molar-refractivity contribution in [3.8, 4) is 0 Å². The molecule has 20 heavy (non-hydrogen) atoms. The summed E-state index contributed by atoms with van der Waals surface area (Å²) >= 11 is 0. The molecule has 2 heterocycles. The molecule has 1 saturated heterocycles. The van der Waals surface area contributed by atoms with Crippen LogP contribution in [0.2, 0.25) is 0 Å². The first-order valence-corrected chi connectivity index (χ1v) is 7.42. The molecule has 0 radical (unpaired) electrons. The van der Waals surface area contributed by atoms with E-state index in [2.05, 4.69) is 17.0 Å². The molecule has 0 spiro atoms. The van der Waals surface area contributed by atoms with E-state index in [1.165, 1.54) is 5.39 Å². The van der Waals surface area contributed by atoms with Gasteiger partial charge in [0.2, 0.25) is 0 Å². The molecule has 0 saturated carbocycles. The smallest absolute Gasteiger partial charge is 0.134 e. The van der Waals surface area contributed by atoms with Gasteiger partial charge < -0.3 is 9.32 Å². The largest absolute Gasteiger partial charge is 0.461 e. The number of carbonyl (C=O) groups is 1. The molecule has 0 amide bonds. The highest BCUT2D eigenvalue weighted by Gasteiger charge is 2.23. The summed E-state index contributed by atoms with van der Waals surface area (Å²) in [5, 5.41) is 1.20. The summed E-state index contributed by atoms with van der Waals surface area (Å²) in [6.45, 7) is 4.70. The quantitative estimate of drug-likeness (QED) is 0.852. The van der Waals surface area contributed by atoms with Crippen LogP contribution >= 0.6 is 0 Å². The molecule has 0 atom stereocenters. The second kappa shape index (κ2) is 5.80. The van der Waals surface area contributed by atoms with Gasteiger partial charge in [0.15, 0.2) is 0 Å². The van der Waals surface area contributed by atoms with Crippen LogP contribution in [0.5, 0.6) is 0 Å². The lowest BCUT2D eigenvalue weighted by molar-refractivity contribution is -0.117. The van der Waals surface area contributed by atoms with Crippen molar-refractivity contribution < 1.29 is 9.21 Å². The number of ketones is 1. The third-order valence-corrected chi connectivity index (χ3v) is 4.21. The highest BCUT2D eigenvalue weighted by Crippen LogP contribution is 2.32. The van der Waals surface area contributed by atoms with Gasteiger partial charge in [0.1, 0.15) is 17.1 Å². The lowest BCUT2D eigenvalue weighted by atomic mass is 9.94. The minimum atomic E-state index is 0.282. The number of hydrogen-bond acceptors (Lipinski definition) is 3. The van der Waals surface area contributed by atoms with E-state index in [0.29, 0.717) is 12.3 Å². The van der Waals surface area contributed by atoms with Crippen molar-refractivity contribution in [1.82, 2.24) is 4.90 Å². The van der Waals surface area contributed by atoms with Crippen molar-refractivity contribution in [2.24, 2.45) is 0 Å². The second-order valence-electron chi connectivity index (χ2n) is 5.75. The Balaban J connectivity index is 1.61. The molecule has 3 rings (SSSR count). The third kappa shape index (κ3) is 2.93. The van der Waals surface area contributed by atoms with Crippen LogP contribution in [0.25, 0.3) is 11.0 Å². The highest BCUT2D eigenvalue weighted by molar-refractivity contribution is 5.77. The van der Waals surface area contributed by atoms with Gasteiger partial charge in [-0.2, -0.15) is 0 Å². The maximum atomic E-state index is 11.0. The van der Waals surface area contributed by atoms with Crippen molar-refractivity contribution in [3.63, 3.8) is 0 Å². The van der Waals surface area contributed by atoms with E-state index in [1.807, 2.05) is 18.2 Å². The number of furan rings is 1. The standard InChI is InChI=1S/C17H21NO2/c1-13(19)6-9-18-10-7-14(8-11-18)17-12-15-4-2-3-5-16(15)20-17/h2-5,12,14H,6-11H2,1H3. The average molecular weight is 271 g/mol. The van der Waals surface area contributed by atoms with Gasteiger partial charge in [-0.15, -0.1) is 0 Å². The number of Topliss-reactive ketones (excluding diaryl/α,β-unsaturated/α-hetero) is 1. The number of benzene rings is 1. The van der Waals surface area contributed by atoms with Crippen molar-refractivity contribution in [3.05, 3.63) is 36.1 Å². The molecule has 1 aliphatic heterocycles. The summed E-state index contributed by atoms with van der Waals surface area (Å²) in [5.41, 5.74) is 0.988. The minimum Gasteiger partial charge on any atom is -0.461 e. The molecule has 0 unspecified atom stereocenters. The third-order valence-electron chi connectivity index (χ3n) is 4.21. The highest BCUT2D eigenvalue weighted by atomic mass is 16.3. The number of fused-ring (bicyclic) bond motifs is 1. The molecular formula is C17H21NO2. The first-order valence-electron chi connectivity index (χ1n) is 7.42. The molecule has 3 nitrogen and oxygen atoms in total. The molecule has 0 N–H and O–H groups in total. The minimum absolute atomic E-state index is 0.282. The molecule has 1 aromatic carbocycles. The van der Waals surface area contributed by atoms with Gasteiger partial charge in [-0.05, 0) is 45.0 Å². The summed E-state index contributed by atoms with van der Waals surface area (Å²) in [6, 6.07) is 10.4. The molecule has 1 fully saturated rings. The molecule has 1 aliphatic rings. The molecule has 1 aromatic heterocycles. The summed E-state index contributed by atoms with van der Waals surface area (Å²) in [6.07, 6.45) is 2.92. The van der Waals surface area contributed by atoms with E-state index in [9.17, 15) is 4.79 Å². The summed E-state index contributed by atoms with van der Waals surface area (Å²) < 4.78 is 5.97. The zero-order chi connectivity index (χ0) is 13.9. The molecule has 3 heteroatoms. The first-order chi connectivity index (χ1) is 9.72. The van der Waals surface area contributed by atoms with E-state index in [1.54, 1.807) is 6.92 Å². The van der Waals surface area contributed by atoms with Gasteiger partial charge in [-0.1, -0.05) is 18.2 Å². The molecule has 106 valence electrons. The molecule has 2 aromatic rings. The summed E-state index contributed by atoms with van der Waals surface area (Å²) in [7, 11) is 0. The van der Waals surface area contributed by atoms with Gasteiger partial charge in [0, 0.05) is 24.3 Å². The van der Waals surface area contributed by atoms with E-state index in [0.717, 1.165) is 43.8 Å². The lowest BCUT2D eigenvalue weighted by Gasteiger charge is -2.30. The fraction of sp³-hybridized carbons (Fsp3) is 0.471. The monoisotopic (exact) mass is 271 g/mol. The fourth-order valence-corrected chi connectivity index (χ4v) is 2.96. The number of para-hydroxylation sites is 1. The number of carbonyl (C=O) groups excluding carboxylic acids is 1. The molecule has 0 aliphatic carbocycles. The van der Waals surface area contributed by atoms with Gasteiger partial charge in [-0.3, -0.25) is 4.79 Å². The zero-order valence-corrected chi connectivity index (χ0v) is 12.0. The zero-order valence-electron chi connectivity index (χ0n) is 12.0. The number of rotatable bonds is 4. The number of piperidine rings is 1. The van der Waals surface area contributed by atoms with Crippen molar-refractivity contribution in [1.29, 1.82) is 0 Å². The topological polar surface area (TPSA) is 33.5 Å². The van der Waals surface area contributed by atoms with Crippen molar-refractivity contribution >= 4 is 16.8 Å². The van der Waals surface area contributed by atoms with Crippen LogP contribution < -0.4 is 0 Å². The van der Waals surface area contributed by atoms with Crippen LogP contribution in [0.3, 0.4) is 0 Å². The SMILES string of the molecule is CC(=O)CCN1CCC(c2cc3ccccc3o2)CC1. The average Bonchev–Trinajstić information content (AvgIpc) is 2.89. The Morgan fingerprint density at radius 3 is 2.75 bits per heavy atom. The van der Waals surface area contributed by atoms with E-state index in [-0.39, 0.29) is 5.78 Å². The fourth-order valence-electron chi connectivity index (χ4n) is 2.96. The Morgan fingerprint density at radius 1 is 1.30 bits per heavy atom. The van der Waals surface area contributed by atoms with Crippen LogP contribution in [0.1, 0.15) is 37.9 Å². The molecular weight excluding hydrogens is 250 g/mol. The predicted octanol–water partition coefficient (Wildman–Crippen LogP) is 3.59. The van der Waals surface area contributed by atoms with Crippen molar-refractivity contribution in [2.45, 2.75) is 32.1 Å². The van der Waals surface area contributed by atoms with Crippen LogP contribution in [0, 0.1) is 0 Å². The van der Waals surface area contributed by atoms with Crippen LogP contribution in [-0.4, -0.2) is 30.3 Å². The van der Waals surface area contributed by atoms with Crippen molar-refractivity contribution in [2.75, 3.05) is 19.6 Å². The Labute approximate surface area is 119 Å². The van der Waals surface area contributed by atoms with Gasteiger partial charge >= 0.3 is 0 Å². The van der Waals surface area contributed by atoms with Gasteiger partial charge in [0.05, 0.1) is 0 Å². The Bertz CT molecular complexity index is 561. The maximum Gasteiger partial charge on any atom is 0.134 e. The van der Waals surface area contributed by atoms with E-state index in [4.69, 9.17) is 4.42 Å². The van der Waals surface area contributed by atoms with Gasteiger partial charge in [0.25, 0.3) is 0 Å². The lowest BCUT2D eigenvalue weighted by Crippen LogP contribution is -2.34. The Kier molecular flexibility index (Phi) is 3.88. The maximum absolute atomic E-state index is 11.0. The normalized spacial score (nSPS) is 17.6. The van der Waals surface area contributed by atoms with Crippen LogP contribution in [0.4, 0.5) is 0 Å². The second-order valence-corrected chi connectivity index (χ2v) is 5.75. The van der Waals surface area contributed by atoms with Crippen LogP contribution in [0.15, 0.2) is 34.7 Å². The summed E-state index contributed by atoms with van der Waals surface area (Å²) in [4.78, 5) is 13.4.